The summed E-state index contributed by atoms with van der Waals surface area (Å²) in [5.74, 6) is 0.137. The molecule has 1 unspecified atom stereocenters. The summed E-state index contributed by atoms with van der Waals surface area (Å²) in [7, 11) is 0. The first kappa shape index (κ1) is 13.3. The van der Waals surface area contributed by atoms with E-state index in [0.717, 1.165) is 25.4 Å². The molecule has 1 aliphatic carbocycles. The van der Waals surface area contributed by atoms with Gasteiger partial charge in [0.15, 0.2) is 11.6 Å². The first-order chi connectivity index (χ1) is 8.66. The third-order valence-corrected chi connectivity index (χ3v) is 3.28. The average Bonchev–Trinajstić information content (AvgIpc) is 3.15. The van der Waals surface area contributed by atoms with Crippen LogP contribution in [0.25, 0.3) is 0 Å². The largest absolute Gasteiger partial charge is 0.488 e. The van der Waals surface area contributed by atoms with Crippen molar-refractivity contribution in [2.45, 2.75) is 51.7 Å². The normalized spacial score (nSPS) is 16.6. The van der Waals surface area contributed by atoms with Crippen LogP contribution in [0, 0.1) is 12.7 Å². The predicted octanol–water partition coefficient (Wildman–Crippen LogP) is 3.43. The SMILES string of the molecule is Cc1cccc(OC(C)CCCNC2CC2)c1F. The summed E-state index contributed by atoms with van der Waals surface area (Å²) in [6.07, 6.45) is 4.72. The fourth-order valence-corrected chi connectivity index (χ4v) is 1.97. The molecule has 0 radical (unpaired) electrons. The lowest BCUT2D eigenvalue weighted by Crippen LogP contribution is -2.20. The van der Waals surface area contributed by atoms with Gasteiger partial charge >= 0.3 is 0 Å². The molecule has 1 atom stereocenters. The number of rotatable bonds is 7. The number of benzene rings is 1. The summed E-state index contributed by atoms with van der Waals surface area (Å²) in [5.41, 5.74) is 0.634. The Bertz CT molecular complexity index is 390. The molecule has 0 heterocycles. The van der Waals surface area contributed by atoms with Crippen LogP contribution in [0.4, 0.5) is 4.39 Å². The van der Waals surface area contributed by atoms with E-state index in [2.05, 4.69) is 5.32 Å². The van der Waals surface area contributed by atoms with Gasteiger partial charge in [0.1, 0.15) is 0 Å². The highest BCUT2D eigenvalue weighted by molar-refractivity contribution is 5.30. The number of halogens is 1. The van der Waals surface area contributed by atoms with E-state index in [0.29, 0.717) is 11.3 Å². The Kier molecular flexibility index (Phi) is 4.59. The zero-order chi connectivity index (χ0) is 13.0. The molecule has 100 valence electrons. The minimum absolute atomic E-state index is 0.0577. The van der Waals surface area contributed by atoms with Crippen LogP contribution in [0.15, 0.2) is 18.2 Å². The van der Waals surface area contributed by atoms with Crippen LogP contribution < -0.4 is 10.1 Å². The van der Waals surface area contributed by atoms with Gasteiger partial charge in [-0.15, -0.1) is 0 Å². The van der Waals surface area contributed by atoms with Crippen molar-refractivity contribution in [1.82, 2.24) is 5.32 Å². The number of ether oxygens (including phenoxy) is 1. The second-order valence-corrected chi connectivity index (χ2v) is 5.19. The van der Waals surface area contributed by atoms with Gasteiger partial charge in [0.25, 0.3) is 0 Å². The van der Waals surface area contributed by atoms with Crippen LogP contribution in [-0.4, -0.2) is 18.7 Å². The molecule has 1 aliphatic rings. The van der Waals surface area contributed by atoms with Crippen LogP contribution in [0.1, 0.15) is 38.2 Å². The minimum Gasteiger partial charge on any atom is -0.488 e. The second kappa shape index (κ2) is 6.19. The second-order valence-electron chi connectivity index (χ2n) is 5.19. The number of hydrogen-bond donors (Lipinski definition) is 1. The maximum atomic E-state index is 13.7. The highest BCUT2D eigenvalue weighted by Crippen LogP contribution is 2.22. The molecule has 1 N–H and O–H groups in total. The molecular formula is C15H22FNO. The van der Waals surface area contributed by atoms with Gasteiger partial charge in [0, 0.05) is 6.04 Å². The van der Waals surface area contributed by atoms with E-state index in [1.54, 1.807) is 19.1 Å². The van der Waals surface area contributed by atoms with Gasteiger partial charge in [-0.2, -0.15) is 0 Å². The van der Waals surface area contributed by atoms with Gasteiger partial charge < -0.3 is 10.1 Å². The predicted molar refractivity (Wildman–Crippen MR) is 71.5 cm³/mol. The summed E-state index contributed by atoms with van der Waals surface area (Å²) in [4.78, 5) is 0. The topological polar surface area (TPSA) is 21.3 Å². The van der Waals surface area contributed by atoms with Gasteiger partial charge in [0.05, 0.1) is 6.10 Å². The van der Waals surface area contributed by atoms with Crippen molar-refractivity contribution in [3.8, 4) is 5.75 Å². The molecule has 2 rings (SSSR count). The quantitative estimate of drug-likeness (QED) is 0.750. The molecule has 1 aromatic rings. The van der Waals surface area contributed by atoms with Crippen LogP contribution >= 0.6 is 0 Å². The summed E-state index contributed by atoms with van der Waals surface area (Å²) in [5, 5.41) is 3.47. The van der Waals surface area contributed by atoms with E-state index in [9.17, 15) is 4.39 Å². The fraction of sp³-hybridized carbons (Fsp3) is 0.600. The Morgan fingerprint density at radius 3 is 2.94 bits per heavy atom. The summed E-state index contributed by atoms with van der Waals surface area (Å²) in [6, 6.07) is 6.04. The molecule has 2 nitrogen and oxygen atoms in total. The smallest absolute Gasteiger partial charge is 0.167 e. The molecule has 0 spiro atoms. The zero-order valence-electron chi connectivity index (χ0n) is 11.2. The molecule has 1 saturated carbocycles. The third kappa shape index (κ3) is 3.98. The van der Waals surface area contributed by atoms with Gasteiger partial charge in [-0.3, -0.25) is 0 Å². The Labute approximate surface area is 109 Å². The molecule has 0 amide bonds. The van der Waals surface area contributed by atoms with E-state index >= 15 is 0 Å². The van der Waals surface area contributed by atoms with Gasteiger partial charge in [-0.25, -0.2) is 4.39 Å². The van der Waals surface area contributed by atoms with Crippen LogP contribution in [0.2, 0.25) is 0 Å². The number of hydrogen-bond acceptors (Lipinski definition) is 2. The van der Waals surface area contributed by atoms with Crippen molar-refractivity contribution >= 4 is 0 Å². The lowest BCUT2D eigenvalue weighted by Gasteiger charge is -2.16. The molecule has 18 heavy (non-hydrogen) atoms. The maximum Gasteiger partial charge on any atom is 0.167 e. The van der Waals surface area contributed by atoms with Crippen molar-refractivity contribution in [1.29, 1.82) is 0 Å². The van der Waals surface area contributed by atoms with Crippen LogP contribution in [0.5, 0.6) is 5.75 Å². The monoisotopic (exact) mass is 251 g/mol. The molecule has 1 fully saturated rings. The molecule has 0 saturated heterocycles. The van der Waals surface area contributed by atoms with Crippen molar-refractivity contribution in [3.05, 3.63) is 29.6 Å². The first-order valence-corrected chi connectivity index (χ1v) is 6.82. The van der Waals surface area contributed by atoms with E-state index < -0.39 is 0 Å². The van der Waals surface area contributed by atoms with E-state index in [1.807, 2.05) is 13.0 Å². The zero-order valence-corrected chi connectivity index (χ0v) is 11.2. The summed E-state index contributed by atoms with van der Waals surface area (Å²) in [6.45, 7) is 4.79. The van der Waals surface area contributed by atoms with E-state index in [-0.39, 0.29) is 11.9 Å². The van der Waals surface area contributed by atoms with Crippen molar-refractivity contribution in [2.24, 2.45) is 0 Å². The molecule has 0 aromatic heterocycles. The van der Waals surface area contributed by atoms with Crippen molar-refractivity contribution < 1.29 is 9.13 Å². The number of aryl methyl sites for hydroxylation is 1. The lowest BCUT2D eigenvalue weighted by molar-refractivity contribution is 0.198. The Hall–Kier alpha value is -1.09. The van der Waals surface area contributed by atoms with E-state index in [1.165, 1.54) is 12.8 Å². The van der Waals surface area contributed by atoms with Gasteiger partial charge in [0.2, 0.25) is 0 Å². The fourth-order valence-electron chi connectivity index (χ4n) is 1.97. The van der Waals surface area contributed by atoms with Crippen LogP contribution in [0.3, 0.4) is 0 Å². The summed E-state index contributed by atoms with van der Waals surface area (Å²) >= 11 is 0. The van der Waals surface area contributed by atoms with Gasteiger partial charge in [-0.05, 0) is 57.7 Å². The van der Waals surface area contributed by atoms with Crippen LogP contribution in [-0.2, 0) is 0 Å². The van der Waals surface area contributed by atoms with Crippen molar-refractivity contribution in [3.63, 3.8) is 0 Å². The lowest BCUT2D eigenvalue weighted by atomic mass is 10.2. The maximum absolute atomic E-state index is 13.7. The number of nitrogens with one attached hydrogen (secondary N) is 1. The molecular weight excluding hydrogens is 229 g/mol. The minimum atomic E-state index is -0.236. The van der Waals surface area contributed by atoms with Crippen molar-refractivity contribution in [2.75, 3.05) is 6.54 Å². The molecule has 0 bridgehead atoms. The Balaban J connectivity index is 1.71. The molecule has 3 heteroatoms. The van der Waals surface area contributed by atoms with E-state index in [4.69, 9.17) is 4.74 Å². The standard InChI is InChI=1S/C15H22FNO/c1-11-5-3-7-14(15(11)16)18-12(2)6-4-10-17-13-8-9-13/h3,5,7,12-13,17H,4,6,8-10H2,1-2H3. The highest BCUT2D eigenvalue weighted by Gasteiger charge is 2.19. The Morgan fingerprint density at radius 2 is 2.22 bits per heavy atom. The van der Waals surface area contributed by atoms with Gasteiger partial charge in [-0.1, -0.05) is 12.1 Å². The average molecular weight is 251 g/mol. The summed E-state index contributed by atoms with van der Waals surface area (Å²) < 4.78 is 19.4. The molecule has 0 aliphatic heterocycles. The highest BCUT2D eigenvalue weighted by atomic mass is 19.1. The molecule has 1 aromatic carbocycles. The first-order valence-electron chi connectivity index (χ1n) is 6.82. The Morgan fingerprint density at radius 1 is 1.44 bits per heavy atom. The third-order valence-electron chi connectivity index (χ3n) is 3.28.